The van der Waals surface area contributed by atoms with E-state index in [1.807, 2.05) is 113 Å². The second kappa shape index (κ2) is 9.90. The standard InChI is InChI=1S/C29H30O4S2/c1-23-18-20-27(21-19-23)35(30,31)33-34(25-13-7-5-8-14-25,26-15-9-6-10-16-26)28-17-11-12-24(22-28)32-29(2,3)4/h5-22H,1-4H3/p+1. The van der Waals surface area contributed by atoms with Gasteiger partial charge >= 0.3 is 10.1 Å². The second-order valence-corrected chi connectivity index (χ2v) is 13.9. The molecule has 0 aliphatic carbocycles. The fourth-order valence-electron chi connectivity index (χ4n) is 3.75. The Morgan fingerprint density at radius 1 is 0.629 bits per heavy atom. The lowest BCUT2D eigenvalue weighted by molar-refractivity contribution is 0.130. The van der Waals surface area contributed by atoms with Crippen molar-refractivity contribution in [3.63, 3.8) is 0 Å². The van der Waals surface area contributed by atoms with Gasteiger partial charge in [0.05, 0.1) is 25.0 Å². The number of hydrogen-bond acceptors (Lipinski definition) is 3. The van der Waals surface area contributed by atoms with Gasteiger partial charge in [0, 0.05) is 0 Å². The molecule has 182 valence electrons. The van der Waals surface area contributed by atoms with Crippen LogP contribution in [-0.2, 0) is 10.1 Å². The zero-order valence-electron chi connectivity index (χ0n) is 20.4. The Kier molecular flexibility index (Phi) is 7.08. The minimum absolute atomic E-state index is 0.175. The van der Waals surface area contributed by atoms with Gasteiger partial charge in [0.2, 0.25) is 0 Å². The average molecular weight is 508 g/mol. The van der Waals surface area contributed by atoms with Crippen LogP contribution < -0.4 is 4.74 Å². The zero-order chi connectivity index (χ0) is 25.1. The Labute approximate surface area is 210 Å². The van der Waals surface area contributed by atoms with Crippen LogP contribution in [0.4, 0.5) is 0 Å². The Bertz CT molecular complexity index is 1340. The first kappa shape index (κ1) is 25.0. The smallest absolute Gasteiger partial charge is 0.422 e. The molecule has 0 unspecified atom stereocenters. The maximum absolute atomic E-state index is 13.8. The van der Waals surface area contributed by atoms with Crippen LogP contribution in [0.2, 0.25) is 0 Å². The van der Waals surface area contributed by atoms with Gasteiger partial charge in [-0.05, 0) is 82.3 Å². The van der Waals surface area contributed by atoms with Crippen LogP contribution in [0.25, 0.3) is 0 Å². The highest BCUT2D eigenvalue weighted by Crippen LogP contribution is 2.68. The Balaban J connectivity index is 1.99. The van der Waals surface area contributed by atoms with Gasteiger partial charge < -0.3 is 4.74 Å². The quantitative estimate of drug-likeness (QED) is 0.189. The van der Waals surface area contributed by atoms with Crippen molar-refractivity contribution >= 4 is 20.4 Å². The van der Waals surface area contributed by atoms with Crippen molar-refractivity contribution in [1.29, 1.82) is 0 Å². The molecule has 0 heterocycles. The monoisotopic (exact) mass is 507 g/mol. The summed E-state index contributed by atoms with van der Waals surface area (Å²) in [6, 6.07) is 33.8. The van der Waals surface area contributed by atoms with E-state index in [0.29, 0.717) is 5.75 Å². The predicted molar refractivity (Wildman–Crippen MR) is 143 cm³/mol. The molecule has 4 nitrogen and oxygen atoms in total. The minimum atomic E-state index is -4.01. The third kappa shape index (κ3) is 5.61. The summed E-state index contributed by atoms with van der Waals surface area (Å²) in [7, 11) is -6.58. The molecule has 4 aromatic carbocycles. The number of aryl methyl sites for hydroxylation is 1. The number of benzene rings is 4. The number of rotatable bonds is 7. The molecular formula is C29H31O4S2+. The van der Waals surface area contributed by atoms with E-state index in [2.05, 4.69) is 0 Å². The molecule has 0 aliphatic heterocycles. The highest BCUT2D eigenvalue weighted by Gasteiger charge is 2.43. The first-order valence-electron chi connectivity index (χ1n) is 11.4. The fraction of sp³-hybridized carbons (Fsp3) is 0.172. The van der Waals surface area contributed by atoms with Crippen LogP contribution >= 0.6 is 10.3 Å². The fourth-order valence-corrected chi connectivity index (χ4v) is 9.26. The Hall–Kier alpha value is -3.06. The number of hydrogen-bond donors (Lipinski definition) is 0. The SMILES string of the molecule is Cc1ccc(S(=O)(=O)[OH+]S(c2ccccc2)(c2ccccc2)c2cccc(OC(C)(C)C)c2)cc1. The van der Waals surface area contributed by atoms with Crippen LogP contribution in [0.3, 0.4) is 0 Å². The van der Waals surface area contributed by atoms with Gasteiger partial charge in [-0.2, -0.15) is 0 Å². The summed E-state index contributed by atoms with van der Waals surface area (Å²) in [6.45, 7) is 7.89. The molecule has 4 rings (SSSR count). The largest absolute Gasteiger partial charge is 0.488 e. The van der Waals surface area contributed by atoms with Gasteiger partial charge in [-0.15, -0.1) is 8.42 Å². The van der Waals surface area contributed by atoms with E-state index in [4.69, 9.17) is 8.37 Å². The second-order valence-electron chi connectivity index (χ2n) is 9.26. The van der Waals surface area contributed by atoms with Crippen molar-refractivity contribution in [2.75, 3.05) is 0 Å². The highest BCUT2D eigenvalue weighted by molar-refractivity contribution is 8.32. The lowest BCUT2D eigenvalue weighted by atomic mass is 10.2. The van der Waals surface area contributed by atoms with Gasteiger partial charge in [-0.25, -0.2) is 0 Å². The molecule has 0 saturated carbocycles. The summed E-state index contributed by atoms with van der Waals surface area (Å²) in [5, 5.41) is 0. The third-order valence-corrected chi connectivity index (χ3v) is 10.7. The van der Waals surface area contributed by atoms with E-state index in [1.165, 1.54) is 0 Å². The third-order valence-electron chi connectivity index (χ3n) is 5.27. The lowest BCUT2D eigenvalue weighted by Crippen LogP contribution is -2.23. The molecule has 0 fully saturated rings. The Morgan fingerprint density at radius 2 is 1.14 bits per heavy atom. The molecular weight excluding hydrogens is 476 g/mol. The van der Waals surface area contributed by atoms with E-state index in [0.717, 1.165) is 20.2 Å². The van der Waals surface area contributed by atoms with Crippen molar-refractivity contribution in [3.05, 3.63) is 115 Å². The molecule has 1 N–H and O–H groups in total. The van der Waals surface area contributed by atoms with E-state index in [-0.39, 0.29) is 4.90 Å². The van der Waals surface area contributed by atoms with Crippen molar-refractivity contribution in [1.82, 2.24) is 0 Å². The molecule has 6 heteroatoms. The summed E-state index contributed by atoms with van der Waals surface area (Å²) in [6.07, 6.45) is 0. The topological polar surface area (TPSA) is 56.2 Å². The van der Waals surface area contributed by atoms with Crippen molar-refractivity contribution in [2.45, 2.75) is 52.9 Å². The van der Waals surface area contributed by atoms with E-state index in [1.54, 1.807) is 24.3 Å². The van der Waals surface area contributed by atoms with Crippen LogP contribution in [0.1, 0.15) is 26.3 Å². The van der Waals surface area contributed by atoms with Gasteiger partial charge in [0.25, 0.3) is 0 Å². The molecule has 0 aromatic heterocycles. The first-order valence-corrected chi connectivity index (χ1v) is 14.4. The van der Waals surface area contributed by atoms with Crippen molar-refractivity contribution in [2.24, 2.45) is 0 Å². The summed E-state index contributed by atoms with van der Waals surface area (Å²) < 4.78 is 38.6. The van der Waals surface area contributed by atoms with Gasteiger partial charge in [-0.1, -0.05) is 60.2 Å². The van der Waals surface area contributed by atoms with E-state index >= 15 is 0 Å². The van der Waals surface area contributed by atoms with Crippen LogP contribution in [0.5, 0.6) is 5.75 Å². The molecule has 0 saturated heterocycles. The summed E-state index contributed by atoms with van der Waals surface area (Å²) in [5.74, 6) is 0.668. The molecule has 35 heavy (non-hydrogen) atoms. The molecule has 0 radical (unpaired) electrons. The summed E-state index contributed by atoms with van der Waals surface area (Å²) >= 11 is 0. The number of ether oxygens (including phenoxy) is 1. The van der Waals surface area contributed by atoms with Crippen molar-refractivity contribution < 1.29 is 16.8 Å². The van der Waals surface area contributed by atoms with Gasteiger partial charge in [-0.3, -0.25) is 3.63 Å². The molecule has 0 bridgehead atoms. The predicted octanol–water partition coefficient (Wildman–Crippen LogP) is 7.85. The maximum Gasteiger partial charge on any atom is 0.422 e. The minimum Gasteiger partial charge on any atom is -0.488 e. The van der Waals surface area contributed by atoms with Gasteiger partial charge in [0.15, 0.2) is 0 Å². The first-order chi connectivity index (χ1) is 16.6. The van der Waals surface area contributed by atoms with E-state index in [9.17, 15) is 8.42 Å². The molecule has 0 aliphatic rings. The van der Waals surface area contributed by atoms with Crippen LogP contribution in [-0.4, -0.2) is 17.6 Å². The maximum atomic E-state index is 13.8. The van der Waals surface area contributed by atoms with Crippen molar-refractivity contribution in [3.8, 4) is 5.75 Å². The van der Waals surface area contributed by atoms with E-state index < -0.39 is 26.0 Å². The zero-order valence-corrected chi connectivity index (χ0v) is 22.0. The Morgan fingerprint density at radius 3 is 1.66 bits per heavy atom. The molecule has 0 amide bonds. The summed E-state index contributed by atoms with van der Waals surface area (Å²) in [5.41, 5.74) is 0.585. The van der Waals surface area contributed by atoms with Gasteiger partial charge in [0.1, 0.15) is 16.2 Å². The molecule has 0 atom stereocenters. The summed E-state index contributed by atoms with van der Waals surface area (Å²) in [4.78, 5) is 2.62. The van der Waals surface area contributed by atoms with Crippen LogP contribution in [0.15, 0.2) is 129 Å². The lowest BCUT2D eigenvalue weighted by Gasteiger charge is -2.35. The average Bonchev–Trinajstić information content (AvgIpc) is 2.83. The highest BCUT2D eigenvalue weighted by atomic mass is 32.3. The molecule has 4 aromatic rings. The molecule has 0 spiro atoms. The van der Waals surface area contributed by atoms with Crippen LogP contribution in [0, 0.1) is 6.92 Å². The normalized spacial score (nSPS) is 12.8.